The number of ether oxygens (including phenoxy) is 1. The molecule has 114 valence electrons. The van der Waals surface area contributed by atoms with Gasteiger partial charge in [0, 0.05) is 30.4 Å². The molecule has 0 spiro atoms. The number of benzene rings is 1. The van der Waals surface area contributed by atoms with E-state index in [0.717, 1.165) is 36.7 Å². The van der Waals surface area contributed by atoms with Gasteiger partial charge in [0.15, 0.2) is 5.76 Å². The minimum atomic E-state index is 0.469. The van der Waals surface area contributed by atoms with E-state index in [4.69, 9.17) is 9.26 Å². The van der Waals surface area contributed by atoms with Gasteiger partial charge in [-0.15, -0.1) is 11.8 Å². The fraction of sp³-hybridized carbons (Fsp3) is 0.438. The number of nitrogens with zero attached hydrogens (tertiary/aromatic N) is 1. The molecule has 2 aromatic rings. The van der Waals surface area contributed by atoms with Crippen LogP contribution in [0.4, 0.5) is 0 Å². The number of hydrogen-bond acceptors (Lipinski definition) is 5. The molecule has 0 radical (unpaired) electrons. The molecule has 0 atom stereocenters. The predicted molar refractivity (Wildman–Crippen MR) is 85.2 cm³/mol. The summed E-state index contributed by atoms with van der Waals surface area (Å²) in [5, 5.41) is 7.43. The third-order valence-corrected chi connectivity index (χ3v) is 4.01. The summed E-state index contributed by atoms with van der Waals surface area (Å²) in [4.78, 5) is 1.24. The van der Waals surface area contributed by atoms with Crippen molar-refractivity contribution in [3.8, 4) is 0 Å². The Morgan fingerprint density at radius 3 is 2.81 bits per heavy atom. The lowest BCUT2D eigenvalue weighted by atomic mass is 10.2. The zero-order valence-corrected chi connectivity index (χ0v) is 13.4. The molecule has 2 rings (SSSR count). The Morgan fingerprint density at radius 1 is 1.29 bits per heavy atom. The standard InChI is InChI=1S/C16H22N2O2S/c1-3-8-17-10-13-4-6-16(7-5-13)21-12-14-9-15(11-19-2)20-18-14/h4-7,9,17H,3,8,10-12H2,1-2H3. The average molecular weight is 306 g/mol. The average Bonchev–Trinajstić information content (AvgIpc) is 2.95. The molecule has 1 heterocycles. The molecule has 0 amide bonds. The highest BCUT2D eigenvalue weighted by molar-refractivity contribution is 7.98. The Labute approximate surface area is 130 Å². The summed E-state index contributed by atoms with van der Waals surface area (Å²) >= 11 is 1.76. The van der Waals surface area contributed by atoms with Crippen molar-refractivity contribution in [2.24, 2.45) is 0 Å². The molecule has 1 N–H and O–H groups in total. The molecule has 0 aliphatic carbocycles. The summed E-state index contributed by atoms with van der Waals surface area (Å²) in [5.74, 6) is 1.58. The molecule has 0 saturated carbocycles. The maximum atomic E-state index is 5.17. The topological polar surface area (TPSA) is 47.3 Å². The van der Waals surface area contributed by atoms with E-state index in [1.807, 2.05) is 6.07 Å². The van der Waals surface area contributed by atoms with Crippen molar-refractivity contribution in [3.05, 3.63) is 47.3 Å². The lowest BCUT2D eigenvalue weighted by Crippen LogP contribution is -2.13. The second-order valence-electron chi connectivity index (χ2n) is 4.83. The summed E-state index contributed by atoms with van der Waals surface area (Å²) < 4.78 is 10.2. The Morgan fingerprint density at radius 2 is 2.10 bits per heavy atom. The summed E-state index contributed by atoms with van der Waals surface area (Å²) in [6, 6.07) is 10.6. The van der Waals surface area contributed by atoms with Crippen molar-refractivity contribution in [2.45, 2.75) is 37.1 Å². The molecule has 21 heavy (non-hydrogen) atoms. The number of thioether (sulfide) groups is 1. The Bertz CT molecular complexity index is 525. The molecule has 0 fully saturated rings. The largest absolute Gasteiger partial charge is 0.377 e. The summed E-state index contributed by atoms with van der Waals surface area (Å²) in [6.07, 6.45) is 1.16. The van der Waals surface area contributed by atoms with Crippen molar-refractivity contribution in [2.75, 3.05) is 13.7 Å². The van der Waals surface area contributed by atoms with Gasteiger partial charge in [-0.1, -0.05) is 24.2 Å². The molecule has 5 heteroatoms. The molecule has 1 aromatic carbocycles. The van der Waals surface area contributed by atoms with E-state index in [1.165, 1.54) is 10.5 Å². The quantitative estimate of drug-likeness (QED) is 0.566. The van der Waals surface area contributed by atoms with Crippen molar-refractivity contribution in [1.29, 1.82) is 0 Å². The van der Waals surface area contributed by atoms with Gasteiger partial charge in [0.1, 0.15) is 6.61 Å². The van der Waals surface area contributed by atoms with E-state index in [-0.39, 0.29) is 0 Å². The first kappa shape index (κ1) is 16.1. The second-order valence-corrected chi connectivity index (χ2v) is 5.88. The van der Waals surface area contributed by atoms with Crippen molar-refractivity contribution < 1.29 is 9.26 Å². The van der Waals surface area contributed by atoms with Crippen LogP contribution in [0.5, 0.6) is 0 Å². The molecule has 0 unspecified atom stereocenters. The first-order valence-electron chi connectivity index (χ1n) is 7.17. The zero-order valence-electron chi connectivity index (χ0n) is 12.6. The van der Waals surface area contributed by atoms with Crippen LogP contribution in [0.1, 0.15) is 30.4 Å². The van der Waals surface area contributed by atoms with Gasteiger partial charge in [0.05, 0.1) is 5.69 Å². The molecule has 0 bridgehead atoms. The highest BCUT2D eigenvalue weighted by Crippen LogP contribution is 2.23. The van der Waals surface area contributed by atoms with Gasteiger partial charge in [-0.3, -0.25) is 0 Å². The van der Waals surface area contributed by atoms with E-state index >= 15 is 0 Å². The van der Waals surface area contributed by atoms with E-state index < -0.39 is 0 Å². The van der Waals surface area contributed by atoms with Crippen molar-refractivity contribution in [3.63, 3.8) is 0 Å². The van der Waals surface area contributed by atoms with E-state index in [0.29, 0.717) is 6.61 Å². The SMILES string of the molecule is CCCNCc1ccc(SCc2cc(COC)on2)cc1. The van der Waals surface area contributed by atoms with Gasteiger partial charge < -0.3 is 14.6 Å². The van der Waals surface area contributed by atoms with Gasteiger partial charge in [-0.2, -0.15) is 0 Å². The van der Waals surface area contributed by atoms with Crippen molar-refractivity contribution >= 4 is 11.8 Å². The van der Waals surface area contributed by atoms with Gasteiger partial charge >= 0.3 is 0 Å². The Kier molecular flexibility index (Phi) is 6.79. The molecule has 4 nitrogen and oxygen atoms in total. The molecular formula is C16H22N2O2S. The van der Waals surface area contributed by atoms with Crippen LogP contribution in [0, 0.1) is 0 Å². The second kappa shape index (κ2) is 8.87. The highest BCUT2D eigenvalue weighted by Gasteiger charge is 2.04. The van der Waals surface area contributed by atoms with E-state index in [2.05, 4.69) is 41.7 Å². The maximum absolute atomic E-state index is 5.17. The van der Waals surface area contributed by atoms with Crippen molar-refractivity contribution in [1.82, 2.24) is 10.5 Å². The highest BCUT2D eigenvalue weighted by atomic mass is 32.2. The first-order valence-corrected chi connectivity index (χ1v) is 8.16. The van der Waals surface area contributed by atoms with Crippen LogP contribution < -0.4 is 5.32 Å². The molecular weight excluding hydrogens is 284 g/mol. The third-order valence-electron chi connectivity index (χ3n) is 2.96. The number of rotatable bonds is 9. The summed E-state index contributed by atoms with van der Waals surface area (Å²) in [5.41, 5.74) is 2.26. The van der Waals surface area contributed by atoms with Crippen LogP contribution in [-0.4, -0.2) is 18.8 Å². The zero-order chi connectivity index (χ0) is 14.9. The Hall–Kier alpha value is -1.30. The predicted octanol–water partition coefficient (Wildman–Crippen LogP) is 3.61. The monoisotopic (exact) mass is 306 g/mol. The van der Waals surface area contributed by atoms with E-state index in [1.54, 1.807) is 18.9 Å². The van der Waals surface area contributed by atoms with Crippen LogP contribution in [0.3, 0.4) is 0 Å². The van der Waals surface area contributed by atoms with Gasteiger partial charge in [-0.25, -0.2) is 0 Å². The third kappa shape index (κ3) is 5.53. The number of nitrogens with one attached hydrogen (secondary N) is 1. The normalized spacial score (nSPS) is 11.0. The van der Waals surface area contributed by atoms with Crippen LogP contribution >= 0.6 is 11.8 Å². The fourth-order valence-electron chi connectivity index (χ4n) is 1.90. The maximum Gasteiger partial charge on any atom is 0.162 e. The molecule has 0 aliphatic rings. The van der Waals surface area contributed by atoms with Crippen LogP contribution in [0.15, 0.2) is 39.8 Å². The van der Waals surface area contributed by atoms with Gasteiger partial charge in [-0.05, 0) is 30.7 Å². The van der Waals surface area contributed by atoms with E-state index in [9.17, 15) is 0 Å². The minimum absolute atomic E-state index is 0.469. The summed E-state index contributed by atoms with van der Waals surface area (Å²) in [6.45, 7) is 4.64. The lowest BCUT2D eigenvalue weighted by Gasteiger charge is -2.04. The lowest BCUT2D eigenvalue weighted by molar-refractivity contribution is 0.156. The number of methoxy groups -OCH3 is 1. The van der Waals surface area contributed by atoms with Gasteiger partial charge in [0.2, 0.25) is 0 Å². The number of hydrogen-bond donors (Lipinski definition) is 1. The van der Waals surface area contributed by atoms with Gasteiger partial charge in [0.25, 0.3) is 0 Å². The summed E-state index contributed by atoms with van der Waals surface area (Å²) in [7, 11) is 1.65. The molecule has 0 aliphatic heterocycles. The Balaban J connectivity index is 1.79. The minimum Gasteiger partial charge on any atom is -0.377 e. The fourth-order valence-corrected chi connectivity index (χ4v) is 2.68. The molecule has 0 saturated heterocycles. The smallest absolute Gasteiger partial charge is 0.162 e. The van der Waals surface area contributed by atoms with Crippen LogP contribution in [0.2, 0.25) is 0 Å². The van der Waals surface area contributed by atoms with Crippen LogP contribution in [0.25, 0.3) is 0 Å². The van der Waals surface area contributed by atoms with Crippen LogP contribution in [-0.2, 0) is 23.6 Å². The number of aromatic nitrogens is 1. The molecule has 1 aromatic heterocycles. The first-order chi connectivity index (χ1) is 10.3.